The molecule has 0 aliphatic carbocycles. The summed E-state index contributed by atoms with van der Waals surface area (Å²) in [6, 6.07) is 6.51. The molecule has 3 aromatic rings. The lowest BCUT2D eigenvalue weighted by Gasteiger charge is -2.15. The van der Waals surface area contributed by atoms with Crippen molar-refractivity contribution in [3.05, 3.63) is 52.3 Å². The fourth-order valence-electron chi connectivity index (χ4n) is 3.22. The smallest absolute Gasteiger partial charge is 0.312 e. The molecule has 1 aliphatic rings. The van der Waals surface area contributed by atoms with Crippen LogP contribution in [0.4, 0.5) is 0 Å². The number of ether oxygens (including phenoxy) is 1. The molecule has 29 heavy (non-hydrogen) atoms. The number of hydrogen-bond acceptors (Lipinski definition) is 8. The van der Waals surface area contributed by atoms with Gasteiger partial charge in [-0.3, -0.25) is 14.4 Å². The predicted molar refractivity (Wildman–Crippen MR) is 104 cm³/mol. The topological polar surface area (TPSA) is 107 Å². The average molecular weight is 411 g/mol. The quantitative estimate of drug-likeness (QED) is 0.355. The number of carbonyl (C=O) groups is 3. The molecule has 0 atom stereocenters. The summed E-state index contributed by atoms with van der Waals surface area (Å²) >= 11 is 1.40. The SMILES string of the molecule is CSc1nc2nc(C)c(CC(=O)OCN3C(=O)c4ccccc4C3=O)c(C)n2n1. The number of benzene rings is 1. The Morgan fingerprint density at radius 1 is 1.10 bits per heavy atom. The third-order valence-electron chi connectivity index (χ3n) is 4.77. The highest BCUT2D eigenvalue weighted by Crippen LogP contribution is 2.22. The first-order valence-corrected chi connectivity index (χ1v) is 10.0. The van der Waals surface area contributed by atoms with E-state index >= 15 is 0 Å². The van der Waals surface area contributed by atoms with Gasteiger partial charge in [-0.1, -0.05) is 23.9 Å². The minimum Gasteiger partial charge on any atom is -0.443 e. The first-order valence-electron chi connectivity index (χ1n) is 8.78. The second kappa shape index (κ2) is 7.28. The van der Waals surface area contributed by atoms with Gasteiger partial charge in [0.05, 0.1) is 17.5 Å². The number of hydrogen-bond donors (Lipinski definition) is 0. The highest BCUT2D eigenvalue weighted by Gasteiger charge is 2.35. The summed E-state index contributed by atoms with van der Waals surface area (Å²) in [4.78, 5) is 46.7. The molecule has 0 bridgehead atoms. The number of carbonyl (C=O) groups excluding carboxylic acids is 3. The third-order valence-corrected chi connectivity index (χ3v) is 5.30. The van der Waals surface area contributed by atoms with Crippen molar-refractivity contribution in [3.8, 4) is 0 Å². The first kappa shape index (κ1) is 19.1. The van der Waals surface area contributed by atoms with Crippen LogP contribution in [0, 0.1) is 13.8 Å². The van der Waals surface area contributed by atoms with Gasteiger partial charge in [0, 0.05) is 17.0 Å². The van der Waals surface area contributed by atoms with E-state index in [0.29, 0.717) is 33.3 Å². The van der Waals surface area contributed by atoms with Gasteiger partial charge in [0.25, 0.3) is 17.6 Å². The summed E-state index contributed by atoms with van der Waals surface area (Å²) in [5.41, 5.74) is 2.67. The van der Waals surface area contributed by atoms with Crippen molar-refractivity contribution < 1.29 is 19.1 Å². The van der Waals surface area contributed by atoms with Crippen molar-refractivity contribution in [1.82, 2.24) is 24.5 Å². The second-order valence-corrected chi connectivity index (χ2v) is 7.25. The Bertz CT molecular complexity index is 1140. The van der Waals surface area contributed by atoms with E-state index in [1.807, 2.05) is 13.2 Å². The molecule has 148 valence electrons. The van der Waals surface area contributed by atoms with E-state index in [2.05, 4.69) is 15.1 Å². The zero-order valence-corrected chi connectivity index (χ0v) is 16.8. The summed E-state index contributed by atoms with van der Waals surface area (Å²) < 4.78 is 6.81. The standard InChI is InChI=1S/C19H17N5O4S/c1-10-14(11(2)24-18(20-10)21-19(22-24)29-3)8-15(25)28-9-23-16(26)12-6-4-5-7-13(12)17(23)27/h4-7H,8-9H2,1-3H3. The van der Waals surface area contributed by atoms with Gasteiger partial charge in [-0.2, -0.15) is 4.98 Å². The number of aryl methyl sites for hydroxylation is 2. The number of amides is 2. The first-order chi connectivity index (χ1) is 13.9. The maximum atomic E-state index is 12.4. The Balaban J connectivity index is 1.48. The Morgan fingerprint density at radius 3 is 2.38 bits per heavy atom. The van der Waals surface area contributed by atoms with E-state index in [-0.39, 0.29) is 6.42 Å². The number of thioether (sulfide) groups is 1. The van der Waals surface area contributed by atoms with E-state index in [1.54, 1.807) is 35.7 Å². The van der Waals surface area contributed by atoms with Crippen LogP contribution in [0.3, 0.4) is 0 Å². The van der Waals surface area contributed by atoms with Crippen LogP contribution in [0.15, 0.2) is 29.4 Å². The normalized spacial score (nSPS) is 13.3. The van der Waals surface area contributed by atoms with Crippen LogP contribution < -0.4 is 0 Å². The van der Waals surface area contributed by atoms with Gasteiger partial charge in [-0.15, -0.1) is 5.10 Å². The number of aromatic nitrogens is 4. The lowest BCUT2D eigenvalue weighted by atomic mass is 10.1. The molecule has 10 heteroatoms. The zero-order chi connectivity index (χ0) is 20.7. The molecule has 0 saturated heterocycles. The van der Waals surface area contributed by atoms with Gasteiger partial charge < -0.3 is 4.74 Å². The van der Waals surface area contributed by atoms with Crippen molar-refractivity contribution in [3.63, 3.8) is 0 Å². The Kier molecular flexibility index (Phi) is 4.79. The van der Waals surface area contributed by atoms with Gasteiger partial charge in [0.1, 0.15) is 0 Å². The molecule has 0 spiro atoms. The number of nitrogens with zero attached hydrogens (tertiary/aromatic N) is 5. The summed E-state index contributed by atoms with van der Waals surface area (Å²) in [5.74, 6) is -1.05. The molecule has 0 saturated carbocycles. The lowest BCUT2D eigenvalue weighted by Crippen LogP contribution is -2.33. The highest BCUT2D eigenvalue weighted by atomic mass is 32.2. The van der Waals surface area contributed by atoms with E-state index in [1.165, 1.54) is 11.8 Å². The van der Waals surface area contributed by atoms with Gasteiger partial charge in [0.2, 0.25) is 5.16 Å². The second-order valence-electron chi connectivity index (χ2n) is 6.48. The van der Waals surface area contributed by atoms with Crippen molar-refractivity contribution in [2.45, 2.75) is 25.4 Å². The predicted octanol–water partition coefficient (Wildman–Crippen LogP) is 1.80. The van der Waals surface area contributed by atoms with E-state index in [4.69, 9.17) is 4.74 Å². The number of rotatable bonds is 5. The minimum atomic E-state index is -0.570. The summed E-state index contributed by atoms with van der Waals surface area (Å²) in [6.07, 6.45) is 1.81. The molecule has 0 radical (unpaired) electrons. The van der Waals surface area contributed by atoms with Gasteiger partial charge in [0.15, 0.2) is 6.73 Å². The van der Waals surface area contributed by atoms with Crippen molar-refractivity contribution in [2.24, 2.45) is 0 Å². The van der Waals surface area contributed by atoms with Gasteiger partial charge in [-0.05, 0) is 32.2 Å². The zero-order valence-electron chi connectivity index (χ0n) is 16.0. The summed E-state index contributed by atoms with van der Waals surface area (Å²) in [6.45, 7) is 3.18. The Hall–Kier alpha value is -3.27. The fourth-order valence-corrected chi connectivity index (χ4v) is 3.56. The van der Waals surface area contributed by atoms with Crippen LogP contribution in [0.5, 0.6) is 0 Å². The van der Waals surface area contributed by atoms with E-state index in [0.717, 1.165) is 10.6 Å². The fraction of sp³-hybridized carbons (Fsp3) is 0.263. The van der Waals surface area contributed by atoms with Crippen LogP contribution >= 0.6 is 11.8 Å². The van der Waals surface area contributed by atoms with Crippen molar-refractivity contribution >= 4 is 35.3 Å². The molecule has 2 aromatic heterocycles. The van der Waals surface area contributed by atoms with E-state index in [9.17, 15) is 14.4 Å². The molecule has 0 fully saturated rings. The molecule has 1 aromatic carbocycles. The minimum absolute atomic E-state index is 0.0573. The Labute approximate surface area is 170 Å². The maximum Gasteiger partial charge on any atom is 0.312 e. The van der Waals surface area contributed by atoms with Crippen molar-refractivity contribution in [1.29, 1.82) is 0 Å². The maximum absolute atomic E-state index is 12.4. The van der Waals surface area contributed by atoms with Gasteiger partial charge in [-0.25, -0.2) is 14.4 Å². The molecule has 9 nitrogen and oxygen atoms in total. The Morgan fingerprint density at radius 2 is 1.76 bits per heavy atom. The van der Waals surface area contributed by atoms with Gasteiger partial charge >= 0.3 is 5.97 Å². The van der Waals surface area contributed by atoms with Crippen LogP contribution in [0.2, 0.25) is 0 Å². The number of fused-ring (bicyclic) bond motifs is 2. The van der Waals surface area contributed by atoms with Crippen molar-refractivity contribution in [2.75, 3.05) is 13.0 Å². The molecular formula is C19H17N5O4S. The molecular weight excluding hydrogens is 394 g/mol. The molecule has 3 heterocycles. The average Bonchev–Trinajstić information content (AvgIpc) is 3.23. The molecule has 4 rings (SSSR count). The number of imide groups is 1. The molecule has 1 aliphatic heterocycles. The molecule has 2 amide bonds. The monoisotopic (exact) mass is 411 g/mol. The highest BCUT2D eigenvalue weighted by molar-refractivity contribution is 7.98. The molecule has 0 unspecified atom stereocenters. The summed E-state index contributed by atoms with van der Waals surface area (Å²) in [7, 11) is 0. The lowest BCUT2D eigenvalue weighted by molar-refractivity contribution is -0.145. The number of esters is 1. The molecule has 0 N–H and O–H groups in total. The van der Waals surface area contributed by atoms with Crippen LogP contribution in [-0.2, 0) is 16.0 Å². The van der Waals surface area contributed by atoms with E-state index < -0.39 is 24.5 Å². The van der Waals surface area contributed by atoms with Crippen LogP contribution in [-0.4, -0.2) is 55.3 Å². The third kappa shape index (κ3) is 3.25. The largest absolute Gasteiger partial charge is 0.443 e. The van der Waals surface area contributed by atoms with Crippen LogP contribution in [0.1, 0.15) is 37.7 Å². The summed E-state index contributed by atoms with van der Waals surface area (Å²) in [5, 5.41) is 4.94. The van der Waals surface area contributed by atoms with Crippen LogP contribution in [0.25, 0.3) is 5.78 Å².